The second-order valence-electron chi connectivity index (χ2n) is 5.29. The fraction of sp³-hybridized carbons (Fsp3) is 0.500. The van der Waals surface area contributed by atoms with E-state index in [0.29, 0.717) is 24.1 Å². The summed E-state index contributed by atoms with van der Waals surface area (Å²) in [6.45, 7) is 3.49. The number of piperazine rings is 1. The van der Waals surface area contributed by atoms with Crippen LogP contribution in [0.1, 0.15) is 18.4 Å². The van der Waals surface area contributed by atoms with Crippen molar-refractivity contribution in [3.63, 3.8) is 0 Å². The van der Waals surface area contributed by atoms with Crippen molar-refractivity contribution in [3.05, 3.63) is 28.2 Å². The molecular weight excluding hydrogens is 308 g/mol. The first-order valence-corrected chi connectivity index (χ1v) is 7.42. The van der Waals surface area contributed by atoms with Crippen molar-refractivity contribution in [2.75, 3.05) is 19.6 Å². The van der Waals surface area contributed by atoms with Crippen molar-refractivity contribution in [1.29, 1.82) is 0 Å². The molecule has 5 heteroatoms. The predicted octanol–water partition coefficient (Wildman–Crippen LogP) is 1.96. The SMILES string of the molecule is O=C1CCC2CN(Cc3cc(O)ccc3Br)CCN12. The van der Waals surface area contributed by atoms with Crippen LogP contribution in [0.5, 0.6) is 5.75 Å². The zero-order valence-electron chi connectivity index (χ0n) is 10.7. The Balaban J connectivity index is 1.68. The minimum absolute atomic E-state index is 0.299. The summed E-state index contributed by atoms with van der Waals surface area (Å²) >= 11 is 3.52. The molecule has 0 aliphatic carbocycles. The summed E-state index contributed by atoms with van der Waals surface area (Å²) in [5.41, 5.74) is 1.10. The third-order valence-electron chi connectivity index (χ3n) is 4.00. The lowest BCUT2D eigenvalue weighted by atomic mass is 10.1. The molecular formula is C14H17BrN2O2. The zero-order chi connectivity index (χ0) is 13.4. The van der Waals surface area contributed by atoms with Gasteiger partial charge in [0.05, 0.1) is 0 Å². The van der Waals surface area contributed by atoms with E-state index in [0.717, 1.165) is 42.6 Å². The van der Waals surface area contributed by atoms with Gasteiger partial charge in [-0.3, -0.25) is 9.69 Å². The third kappa shape index (κ3) is 2.62. The van der Waals surface area contributed by atoms with Crippen molar-refractivity contribution in [2.45, 2.75) is 25.4 Å². The molecule has 1 aromatic carbocycles. The highest BCUT2D eigenvalue weighted by Crippen LogP contribution is 2.27. The van der Waals surface area contributed by atoms with Crippen molar-refractivity contribution in [2.24, 2.45) is 0 Å². The number of halogens is 1. The Kier molecular flexibility index (Phi) is 3.50. The van der Waals surface area contributed by atoms with Crippen LogP contribution < -0.4 is 0 Å². The molecule has 102 valence electrons. The molecule has 2 saturated heterocycles. The van der Waals surface area contributed by atoms with Crippen LogP contribution in [0.15, 0.2) is 22.7 Å². The van der Waals surface area contributed by atoms with Gasteiger partial charge in [0.25, 0.3) is 0 Å². The first-order valence-electron chi connectivity index (χ1n) is 6.63. The van der Waals surface area contributed by atoms with E-state index >= 15 is 0 Å². The molecule has 1 aromatic rings. The minimum atomic E-state index is 0.299. The molecule has 2 aliphatic heterocycles. The number of amides is 1. The van der Waals surface area contributed by atoms with E-state index < -0.39 is 0 Å². The topological polar surface area (TPSA) is 43.8 Å². The molecule has 3 rings (SSSR count). The van der Waals surface area contributed by atoms with Crippen LogP contribution >= 0.6 is 15.9 Å². The van der Waals surface area contributed by atoms with Gasteiger partial charge in [0.2, 0.25) is 5.91 Å². The standard InChI is InChI=1S/C14H17BrN2O2/c15-13-3-2-12(18)7-10(13)8-16-5-6-17-11(9-16)1-4-14(17)19/h2-3,7,11,18H,1,4-6,8-9H2. The summed E-state index contributed by atoms with van der Waals surface area (Å²) in [5.74, 6) is 0.607. The van der Waals surface area contributed by atoms with E-state index in [2.05, 4.69) is 20.8 Å². The van der Waals surface area contributed by atoms with Gasteiger partial charge in [-0.2, -0.15) is 0 Å². The molecule has 2 fully saturated rings. The number of phenols is 1. The van der Waals surface area contributed by atoms with Crippen LogP contribution in [0, 0.1) is 0 Å². The molecule has 4 nitrogen and oxygen atoms in total. The number of benzene rings is 1. The lowest BCUT2D eigenvalue weighted by molar-refractivity contribution is -0.130. The van der Waals surface area contributed by atoms with Crippen molar-refractivity contribution < 1.29 is 9.90 Å². The number of aromatic hydroxyl groups is 1. The number of carbonyl (C=O) groups excluding carboxylic acids is 1. The molecule has 0 saturated carbocycles. The summed E-state index contributed by atoms with van der Waals surface area (Å²) in [6, 6.07) is 5.74. The van der Waals surface area contributed by atoms with Gasteiger partial charge >= 0.3 is 0 Å². The van der Waals surface area contributed by atoms with Gasteiger partial charge in [0.15, 0.2) is 0 Å². The first-order chi connectivity index (χ1) is 9.13. The van der Waals surface area contributed by atoms with Crippen molar-refractivity contribution >= 4 is 21.8 Å². The molecule has 1 amide bonds. The Morgan fingerprint density at radius 2 is 2.21 bits per heavy atom. The second-order valence-corrected chi connectivity index (χ2v) is 6.14. The van der Waals surface area contributed by atoms with E-state index in [-0.39, 0.29) is 0 Å². The first kappa shape index (κ1) is 12.9. The quantitative estimate of drug-likeness (QED) is 0.904. The number of rotatable bonds is 2. The third-order valence-corrected chi connectivity index (χ3v) is 4.78. The Hall–Kier alpha value is -1.07. The molecule has 2 heterocycles. The monoisotopic (exact) mass is 324 g/mol. The van der Waals surface area contributed by atoms with Crippen LogP contribution in [0.4, 0.5) is 0 Å². The highest BCUT2D eigenvalue weighted by Gasteiger charge is 2.35. The maximum Gasteiger partial charge on any atom is 0.222 e. The van der Waals surface area contributed by atoms with E-state index in [4.69, 9.17) is 0 Å². The molecule has 0 bridgehead atoms. The number of fused-ring (bicyclic) bond motifs is 1. The number of hydrogen-bond donors (Lipinski definition) is 1. The molecule has 2 aliphatic rings. The second kappa shape index (κ2) is 5.13. The average Bonchev–Trinajstić information content (AvgIpc) is 2.75. The van der Waals surface area contributed by atoms with Gasteiger partial charge in [0.1, 0.15) is 5.75 Å². The summed E-state index contributed by atoms with van der Waals surface area (Å²) in [7, 11) is 0. The maximum absolute atomic E-state index is 11.6. The Bertz CT molecular complexity index is 506. The highest BCUT2D eigenvalue weighted by molar-refractivity contribution is 9.10. The van der Waals surface area contributed by atoms with E-state index in [1.165, 1.54) is 0 Å². The fourth-order valence-corrected chi connectivity index (χ4v) is 3.37. The Morgan fingerprint density at radius 3 is 3.05 bits per heavy atom. The molecule has 1 atom stereocenters. The number of phenolic OH excluding ortho intramolecular Hbond substituents is 1. The van der Waals surface area contributed by atoms with Crippen LogP contribution in [0.25, 0.3) is 0 Å². The summed E-state index contributed by atoms with van der Waals surface area (Å²) in [4.78, 5) is 16.0. The zero-order valence-corrected chi connectivity index (χ0v) is 12.3. The van der Waals surface area contributed by atoms with E-state index in [1.54, 1.807) is 12.1 Å². The van der Waals surface area contributed by atoms with Gasteiger partial charge in [-0.15, -0.1) is 0 Å². The van der Waals surface area contributed by atoms with E-state index in [9.17, 15) is 9.90 Å². The van der Waals surface area contributed by atoms with Crippen LogP contribution in [0.3, 0.4) is 0 Å². The molecule has 1 N–H and O–H groups in total. The Morgan fingerprint density at radius 1 is 1.37 bits per heavy atom. The van der Waals surface area contributed by atoms with Gasteiger partial charge < -0.3 is 10.0 Å². The van der Waals surface area contributed by atoms with Crippen LogP contribution in [-0.4, -0.2) is 46.5 Å². The largest absolute Gasteiger partial charge is 0.508 e. The maximum atomic E-state index is 11.6. The van der Waals surface area contributed by atoms with Crippen molar-refractivity contribution in [1.82, 2.24) is 9.80 Å². The molecule has 0 aromatic heterocycles. The number of hydrogen-bond acceptors (Lipinski definition) is 3. The van der Waals surface area contributed by atoms with Crippen molar-refractivity contribution in [3.8, 4) is 5.75 Å². The van der Waals surface area contributed by atoms with Crippen LogP contribution in [-0.2, 0) is 11.3 Å². The molecule has 0 radical (unpaired) electrons. The summed E-state index contributed by atoms with van der Waals surface area (Å²) in [6.07, 6.45) is 1.69. The Labute approximate surface area is 121 Å². The summed E-state index contributed by atoms with van der Waals surface area (Å²) in [5, 5.41) is 9.56. The lowest BCUT2D eigenvalue weighted by Crippen LogP contribution is -2.50. The normalized spacial score (nSPS) is 23.7. The highest BCUT2D eigenvalue weighted by atomic mass is 79.9. The number of nitrogens with zero attached hydrogens (tertiary/aromatic N) is 2. The molecule has 0 spiro atoms. The lowest BCUT2D eigenvalue weighted by Gasteiger charge is -2.37. The average molecular weight is 325 g/mol. The fourth-order valence-electron chi connectivity index (χ4n) is 3.00. The van der Waals surface area contributed by atoms with Crippen LogP contribution in [0.2, 0.25) is 0 Å². The minimum Gasteiger partial charge on any atom is -0.508 e. The van der Waals surface area contributed by atoms with Gasteiger partial charge in [-0.25, -0.2) is 0 Å². The smallest absolute Gasteiger partial charge is 0.222 e. The van der Waals surface area contributed by atoms with E-state index in [1.807, 2.05) is 11.0 Å². The summed E-state index contributed by atoms with van der Waals surface area (Å²) < 4.78 is 1.02. The van der Waals surface area contributed by atoms with Gasteiger partial charge in [-0.05, 0) is 30.2 Å². The predicted molar refractivity (Wildman–Crippen MR) is 75.8 cm³/mol. The van der Waals surface area contributed by atoms with Gasteiger partial charge in [-0.1, -0.05) is 15.9 Å². The number of carbonyl (C=O) groups is 1. The molecule has 1 unspecified atom stereocenters. The molecule has 19 heavy (non-hydrogen) atoms. The van der Waals surface area contributed by atoms with Gasteiger partial charge in [0, 0.05) is 43.1 Å².